The van der Waals surface area contributed by atoms with Crippen LogP contribution >= 0.6 is 46.5 Å². The van der Waals surface area contributed by atoms with Crippen LogP contribution in [0.25, 0.3) is 0 Å². The molecule has 1 amide bonds. The number of hydrogen-bond donors (Lipinski definition) is 0. The fourth-order valence-corrected chi connectivity index (χ4v) is 6.30. The van der Waals surface area contributed by atoms with Gasteiger partial charge in [-0.15, -0.1) is 34.9 Å². The van der Waals surface area contributed by atoms with Crippen molar-refractivity contribution in [2.75, 3.05) is 18.6 Å². The Morgan fingerprint density at radius 2 is 1.86 bits per heavy atom. The van der Waals surface area contributed by atoms with Gasteiger partial charge in [-0.05, 0) is 29.8 Å². The minimum absolute atomic E-state index is 0.0443. The van der Waals surface area contributed by atoms with Gasteiger partial charge in [0, 0.05) is 29.0 Å². The van der Waals surface area contributed by atoms with E-state index >= 15 is 0 Å². The lowest BCUT2D eigenvalue weighted by molar-refractivity contribution is 0.0786. The van der Waals surface area contributed by atoms with Crippen LogP contribution in [0.1, 0.15) is 25.4 Å². The van der Waals surface area contributed by atoms with Crippen molar-refractivity contribution in [3.63, 3.8) is 0 Å². The van der Waals surface area contributed by atoms with Crippen LogP contribution in [0.3, 0.4) is 0 Å². The molecule has 0 bridgehead atoms. The minimum Gasteiger partial charge on any atom is -0.337 e. The standard InChI is InChI=1S/C16H16ClNOS3/c1-18(10-13-6-7-14(17)22-13)15(19)11-2-4-12(5-3-11)16-20-8-9-21-16/h2-7,16H,8-10H2,1H3. The van der Waals surface area contributed by atoms with E-state index < -0.39 is 0 Å². The normalized spacial score (nSPS) is 15.2. The molecular formula is C16H16ClNOS3. The van der Waals surface area contributed by atoms with Crippen molar-refractivity contribution in [3.8, 4) is 0 Å². The predicted octanol–water partition coefficient (Wildman–Crippen LogP) is 5.15. The first-order valence-corrected chi connectivity index (χ1v) is 10.3. The molecule has 0 aliphatic carbocycles. The first-order valence-electron chi connectivity index (χ1n) is 6.96. The Morgan fingerprint density at radius 3 is 2.45 bits per heavy atom. The molecule has 0 radical (unpaired) electrons. The van der Waals surface area contributed by atoms with Gasteiger partial charge in [0.2, 0.25) is 0 Å². The van der Waals surface area contributed by atoms with Gasteiger partial charge in [0.15, 0.2) is 0 Å². The van der Waals surface area contributed by atoms with Crippen molar-refractivity contribution in [2.24, 2.45) is 0 Å². The molecule has 1 aromatic heterocycles. The van der Waals surface area contributed by atoms with Gasteiger partial charge in [-0.3, -0.25) is 4.79 Å². The second-order valence-corrected chi connectivity index (χ2v) is 9.59. The Hall–Kier alpha value is -0.620. The lowest BCUT2D eigenvalue weighted by Crippen LogP contribution is -2.25. The monoisotopic (exact) mass is 369 g/mol. The third-order valence-corrected chi connectivity index (χ3v) is 7.74. The molecule has 1 aliphatic rings. The average molecular weight is 370 g/mol. The van der Waals surface area contributed by atoms with Crippen LogP contribution in [0.5, 0.6) is 0 Å². The van der Waals surface area contributed by atoms with Crippen LogP contribution < -0.4 is 0 Å². The summed E-state index contributed by atoms with van der Waals surface area (Å²) in [7, 11) is 1.83. The second-order valence-electron chi connectivity index (χ2n) is 5.06. The molecule has 1 fully saturated rings. The molecule has 3 rings (SSSR count). The third-order valence-electron chi connectivity index (χ3n) is 3.42. The van der Waals surface area contributed by atoms with Crippen LogP contribution in [0.2, 0.25) is 4.34 Å². The highest BCUT2D eigenvalue weighted by molar-refractivity contribution is 8.19. The molecule has 0 saturated carbocycles. The Kier molecular flexibility index (Phi) is 5.39. The maximum atomic E-state index is 12.5. The SMILES string of the molecule is CN(Cc1ccc(Cl)s1)C(=O)c1ccc(C2SCCS2)cc1. The molecule has 22 heavy (non-hydrogen) atoms. The zero-order valence-electron chi connectivity index (χ0n) is 12.1. The van der Waals surface area contributed by atoms with Crippen molar-refractivity contribution in [2.45, 2.75) is 11.1 Å². The van der Waals surface area contributed by atoms with E-state index in [2.05, 4.69) is 12.1 Å². The van der Waals surface area contributed by atoms with Crippen LogP contribution in [-0.4, -0.2) is 29.4 Å². The molecule has 0 N–H and O–H groups in total. The van der Waals surface area contributed by atoms with Crippen molar-refractivity contribution in [3.05, 3.63) is 56.7 Å². The first kappa shape index (κ1) is 16.2. The Bertz CT molecular complexity index is 650. The molecule has 0 atom stereocenters. The lowest BCUT2D eigenvalue weighted by atomic mass is 10.1. The molecule has 1 aliphatic heterocycles. The van der Waals surface area contributed by atoms with Crippen LogP contribution in [0.4, 0.5) is 0 Å². The summed E-state index contributed by atoms with van der Waals surface area (Å²) in [6, 6.07) is 11.9. The van der Waals surface area contributed by atoms with E-state index in [0.29, 0.717) is 11.1 Å². The van der Waals surface area contributed by atoms with E-state index in [-0.39, 0.29) is 5.91 Å². The van der Waals surface area contributed by atoms with E-state index in [1.807, 2.05) is 54.8 Å². The third kappa shape index (κ3) is 3.82. The highest BCUT2D eigenvalue weighted by atomic mass is 35.5. The number of halogens is 1. The van der Waals surface area contributed by atoms with Gasteiger partial charge >= 0.3 is 0 Å². The van der Waals surface area contributed by atoms with Gasteiger partial charge in [0.1, 0.15) is 0 Å². The number of thiophene rings is 1. The molecule has 0 unspecified atom stereocenters. The Balaban J connectivity index is 1.66. The fourth-order valence-electron chi connectivity index (χ4n) is 2.30. The predicted molar refractivity (Wildman–Crippen MR) is 99.2 cm³/mol. The summed E-state index contributed by atoms with van der Waals surface area (Å²) < 4.78 is 1.28. The quantitative estimate of drug-likeness (QED) is 0.743. The van der Waals surface area contributed by atoms with Gasteiger partial charge in [-0.25, -0.2) is 0 Å². The minimum atomic E-state index is 0.0443. The largest absolute Gasteiger partial charge is 0.337 e. The van der Waals surface area contributed by atoms with Gasteiger partial charge in [0.05, 0.1) is 15.5 Å². The van der Waals surface area contributed by atoms with E-state index in [4.69, 9.17) is 11.6 Å². The number of hydrogen-bond acceptors (Lipinski definition) is 4. The number of rotatable bonds is 4. The highest BCUT2D eigenvalue weighted by Crippen LogP contribution is 2.45. The molecule has 6 heteroatoms. The number of amides is 1. The van der Waals surface area contributed by atoms with Crippen molar-refractivity contribution in [1.29, 1.82) is 0 Å². The van der Waals surface area contributed by atoms with Crippen LogP contribution in [-0.2, 0) is 6.54 Å². The van der Waals surface area contributed by atoms with Crippen molar-refractivity contribution >= 4 is 52.4 Å². The summed E-state index contributed by atoms with van der Waals surface area (Å²) in [4.78, 5) is 15.3. The smallest absolute Gasteiger partial charge is 0.253 e. The summed E-state index contributed by atoms with van der Waals surface area (Å²) in [5.74, 6) is 2.47. The Morgan fingerprint density at radius 1 is 1.18 bits per heavy atom. The molecule has 116 valence electrons. The molecule has 1 saturated heterocycles. The maximum absolute atomic E-state index is 12.5. The van der Waals surface area contributed by atoms with E-state index in [1.54, 1.807) is 4.90 Å². The number of thioether (sulfide) groups is 2. The summed E-state index contributed by atoms with van der Waals surface area (Å²) >= 11 is 11.4. The van der Waals surface area contributed by atoms with Crippen LogP contribution in [0, 0.1) is 0 Å². The molecule has 2 heterocycles. The van der Waals surface area contributed by atoms with E-state index in [1.165, 1.54) is 28.4 Å². The molecule has 2 nitrogen and oxygen atoms in total. The molecule has 0 spiro atoms. The number of benzene rings is 1. The van der Waals surface area contributed by atoms with Gasteiger partial charge < -0.3 is 4.90 Å². The Labute approximate surface area is 148 Å². The first-order chi connectivity index (χ1) is 10.6. The van der Waals surface area contributed by atoms with Crippen LogP contribution in [0.15, 0.2) is 36.4 Å². The van der Waals surface area contributed by atoms with Crippen molar-refractivity contribution < 1.29 is 4.79 Å². The summed E-state index contributed by atoms with van der Waals surface area (Å²) in [5, 5.41) is 0. The zero-order valence-corrected chi connectivity index (χ0v) is 15.3. The average Bonchev–Trinajstić information content (AvgIpc) is 3.18. The van der Waals surface area contributed by atoms with Gasteiger partial charge in [-0.1, -0.05) is 23.7 Å². The number of carbonyl (C=O) groups excluding carboxylic acids is 1. The topological polar surface area (TPSA) is 20.3 Å². The second kappa shape index (κ2) is 7.30. The van der Waals surface area contributed by atoms with E-state index in [9.17, 15) is 4.79 Å². The summed E-state index contributed by atoms with van der Waals surface area (Å²) in [6.07, 6.45) is 0. The lowest BCUT2D eigenvalue weighted by Gasteiger charge is -2.17. The van der Waals surface area contributed by atoms with E-state index in [0.717, 1.165) is 14.8 Å². The van der Waals surface area contributed by atoms with Crippen molar-refractivity contribution in [1.82, 2.24) is 4.90 Å². The zero-order chi connectivity index (χ0) is 15.5. The summed E-state index contributed by atoms with van der Waals surface area (Å²) in [6.45, 7) is 0.590. The number of nitrogens with zero attached hydrogens (tertiary/aromatic N) is 1. The molecule has 1 aromatic carbocycles. The summed E-state index contributed by atoms with van der Waals surface area (Å²) in [5.41, 5.74) is 2.04. The molecule has 2 aromatic rings. The van der Waals surface area contributed by atoms with Gasteiger partial charge in [-0.2, -0.15) is 0 Å². The van der Waals surface area contributed by atoms with Gasteiger partial charge in [0.25, 0.3) is 5.91 Å². The fraction of sp³-hybridized carbons (Fsp3) is 0.312. The maximum Gasteiger partial charge on any atom is 0.253 e. The number of carbonyl (C=O) groups is 1. The molecular weight excluding hydrogens is 354 g/mol. The highest BCUT2D eigenvalue weighted by Gasteiger charge is 2.19.